The predicted octanol–water partition coefficient (Wildman–Crippen LogP) is 1.40. The Hall–Kier alpha value is -2.62. The van der Waals surface area contributed by atoms with Crippen molar-refractivity contribution in [2.75, 3.05) is 31.6 Å². The summed E-state index contributed by atoms with van der Waals surface area (Å²) in [7, 11) is 1.64. The largest absolute Gasteiger partial charge is 0.462 e. The van der Waals surface area contributed by atoms with Crippen LogP contribution >= 0.6 is 0 Å². The Morgan fingerprint density at radius 3 is 2.67 bits per heavy atom. The number of ether oxygens (including phenoxy) is 1. The van der Waals surface area contributed by atoms with E-state index in [0.29, 0.717) is 48.6 Å². The van der Waals surface area contributed by atoms with Crippen molar-refractivity contribution in [3.05, 3.63) is 22.9 Å². The molecule has 1 aliphatic rings. The van der Waals surface area contributed by atoms with Crippen molar-refractivity contribution in [2.24, 2.45) is 5.92 Å². The maximum atomic E-state index is 11.9. The van der Waals surface area contributed by atoms with E-state index in [9.17, 15) is 14.9 Å². The monoisotopic (exact) mass is 330 g/mol. The summed E-state index contributed by atoms with van der Waals surface area (Å²) in [5.74, 6) is 0.149. The number of esters is 1. The van der Waals surface area contributed by atoms with E-state index in [2.05, 4.69) is 16.4 Å². The van der Waals surface area contributed by atoms with E-state index in [0.717, 1.165) is 0 Å². The third-order valence-electron chi connectivity index (χ3n) is 4.22. The fraction of sp³-hybridized carbons (Fsp3) is 0.529. The van der Waals surface area contributed by atoms with Crippen molar-refractivity contribution in [2.45, 2.75) is 26.7 Å². The average Bonchev–Trinajstić information content (AvgIpc) is 2.61. The Bertz CT molecular complexity index is 673. The lowest BCUT2D eigenvalue weighted by Crippen LogP contribution is -2.40. The smallest absolute Gasteiger partial charge is 0.340 e. The molecule has 0 radical (unpaired) electrons. The Morgan fingerprint density at radius 1 is 1.46 bits per heavy atom. The van der Waals surface area contributed by atoms with Crippen LogP contribution in [-0.2, 0) is 9.53 Å². The first-order valence-electron chi connectivity index (χ1n) is 8.07. The standard InChI is InChI=1S/C17H22N4O3/c1-4-24-17(23)14-9-13(10-18)15(20-11(14)2)21-7-5-12(6-8-21)16(22)19-3/h9,12H,4-8H2,1-3H3,(H,19,22). The molecule has 2 heterocycles. The zero-order chi connectivity index (χ0) is 17.7. The molecule has 1 aromatic rings. The molecule has 7 nitrogen and oxygen atoms in total. The van der Waals surface area contributed by atoms with Gasteiger partial charge in [-0.15, -0.1) is 0 Å². The lowest BCUT2D eigenvalue weighted by atomic mass is 9.95. The molecule has 1 N–H and O–H groups in total. The van der Waals surface area contributed by atoms with Crippen molar-refractivity contribution < 1.29 is 14.3 Å². The molecular formula is C17H22N4O3. The number of hydrogen-bond donors (Lipinski definition) is 1. The van der Waals surface area contributed by atoms with Crippen LogP contribution in [0.3, 0.4) is 0 Å². The highest BCUT2D eigenvalue weighted by Gasteiger charge is 2.27. The van der Waals surface area contributed by atoms with E-state index in [4.69, 9.17) is 4.74 Å². The zero-order valence-electron chi connectivity index (χ0n) is 14.3. The Morgan fingerprint density at radius 2 is 2.12 bits per heavy atom. The Labute approximate surface area is 141 Å². The number of hydrogen-bond acceptors (Lipinski definition) is 6. The van der Waals surface area contributed by atoms with Crippen LogP contribution in [0.2, 0.25) is 0 Å². The van der Waals surface area contributed by atoms with Crippen LogP contribution in [0.15, 0.2) is 6.07 Å². The minimum Gasteiger partial charge on any atom is -0.462 e. The van der Waals surface area contributed by atoms with Gasteiger partial charge >= 0.3 is 5.97 Å². The van der Waals surface area contributed by atoms with Gasteiger partial charge in [-0.3, -0.25) is 4.79 Å². The van der Waals surface area contributed by atoms with E-state index in [1.54, 1.807) is 27.0 Å². The summed E-state index contributed by atoms with van der Waals surface area (Å²) in [6.07, 6.45) is 1.43. The number of amides is 1. The quantitative estimate of drug-likeness (QED) is 0.839. The van der Waals surface area contributed by atoms with Crippen LogP contribution in [-0.4, -0.2) is 43.6 Å². The van der Waals surface area contributed by atoms with Gasteiger partial charge in [0.15, 0.2) is 0 Å². The summed E-state index contributed by atoms with van der Waals surface area (Å²) >= 11 is 0. The van der Waals surface area contributed by atoms with Gasteiger partial charge in [0.2, 0.25) is 5.91 Å². The van der Waals surface area contributed by atoms with E-state index in [1.165, 1.54) is 0 Å². The molecule has 0 atom stereocenters. The van der Waals surface area contributed by atoms with Crippen LogP contribution in [0, 0.1) is 24.2 Å². The number of aryl methyl sites for hydroxylation is 1. The summed E-state index contributed by atoms with van der Waals surface area (Å²) in [5.41, 5.74) is 1.20. The normalized spacial score (nSPS) is 14.8. The maximum absolute atomic E-state index is 11.9. The van der Waals surface area contributed by atoms with E-state index >= 15 is 0 Å². The van der Waals surface area contributed by atoms with Gasteiger partial charge in [-0.2, -0.15) is 5.26 Å². The van der Waals surface area contributed by atoms with Crippen LogP contribution in [0.4, 0.5) is 5.82 Å². The molecule has 0 saturated carbocycles. The summed E-state index contributed by atoms with van der Waals surface area (Å²) in [6, 6.07) is 3.65. The topological polar surface area (TPSA) is 95.3 Å². The minimum atomic E-state index is -0.469. The highest BCUT2D eigenvalue weighted by atomic mass is 16.5. The summed E-state index contributed by atoms with van der Waals surface area (Å²) in [4.78, 5) is 30.1. The Kier molecular flexibility index (Phi) is 5.74. The van der Waals surface area contributed by atoms with Crippen LogP contribution in [0.25, 0.3) is 0 Å². The molecule has 0 aliphatic carbocycles. The molecule has 0 unspecified atom stereocenters. The van der Waals surface area contributed by atoms with Gasteiger partial charge in [-0.1, -0.05) is 0 Å². The second-order valence-corrected chi connectivity index (χ2v) is 5.70. The lowest BCUT2D eigenvalue weighted by molar-refractivity contribution is -0.125. The van der Waals surface area contributed by atoms with Crippen molar-refractivity contribution in [3.63, 3.8) is 0 Å². The van der Waals surface area contributed by atoms with Gasteiger partial charge in [0.05, 0.1) is 23.4 Å². The average molecular weight is 330 g/mol. The molecule has 1 aromatic heterocycles. The number of aromatic nitrogens is 1. The van der Waals surface area contributed by atoms with E-state index < -0.39 is 5.97 Å². The third-order valence-corrected chi connectivity index (χ3v) is 4.22. The lowest BCUT2D eigenvalue weighted by Gasteiger charge is -2.32. The van der Waals surface area contributed by atoms with Gasteiger partial charge in [0.25, 0.3) is 0 Å². The number of carbonyl (C=O) groups is 2. The fourth-order valence-corrected chi connectivity index (χ4v) is 2.89. The molecule has 0 aromatic carbocycles. The molecule has 1 saturated heterocycles. The second-order valence-electron chi connectivity index (χ2n) is 5.70. The number of piperidine rings is 1. The van der Waals surface area contributed by atoms with Gasteiger partial charge in [0.1, 0.15) is 11.9 Å². The van der Waals surface area contributed by atoms with Crippen molar-refractivity contribution in [3.8, 4) is 6.07 Å². The van der Waals surface area contributed by atoms with E-state index in [1.807, 2.05) is 4.90 Å². The molecule has 0 bridgehead atoms. The van der Waals surface area contributed by atoms with Crippen LogP contribution in [0.5, 0.6) is 0 Å². The molecule has 0 spiro atoms. The van der Waals surface area contributed by atoms with Crippen LogP contribution < -0.4 is 10.2 Å². The number of nitrogens with zero attached hydrogens (tertiary/aromatic N) is 3. The molecule has 1 aliphatic heterocycles. The Balaban J connectivity index is 2.23. The summed E-state index contributed by atoms with van der Waals surface area (Å²) < 4.78 is 5.00. The highest BCUT2D eigenvalue weighted by molar-refractivity contribution is 5.91. The first-order chi connectivity index (χ1) is 11.5. The molecule has 24 heavy (non-hydrogen) atoms. The molecule has 1 fully saturated rings. The van der Waals surface area contributed by atoms with Crippen molar-refractivity contribution in [1.82, 2.24) is 10.3 Å². The number of carbonyl (C=O) groups excluding carboxylic acids is 2. The molecule has 7 heteroatoms. The SMILES string of the molecule is CCOC(=O)c1cc(C#N)c(N2CCC(C(=O)NC)CC2)nc1C. The number of anilines is 1. The summed E-state index contributed by atoms with van der Waals surface area (Å²) in [5, 5.41) is 12.1. The molecule has 2 rings (SSSR count). The molecule has 1 amide bonds. The maximum Gasteiger partial charge on any atom is 0.340 e. The van der Waals surface area contributed by atoms with Gasteiger partial charge in [0, 0.05) is 26.1 Å². The third kappa shape index (κ3) is 3.65. The molecule has 128 valence electrons. The second kappa shape index (κ2) is 7.77. The van der Waals surface area contributed by atoms with Crippen LogP contribution in [0.1, 0.15) is 41.4 Å². The first-order valence-corrected chi connectivity index (χ1v) is 8.07. The number of pyridine rings is 1. The number of rotatable bonds is 4. The zero-order valence-corrected chi connectivity index (χ0v) is 14.3. The number of nitriles is 1. The molecular weight excluding hydrogens is 308 g/mol. The first kappa shape index (κ1) is 17.7. The van der Waals surface area contributed by atoms with Crippen molar-refractivity contribution >= 4 is 17.7 Å². The van der Waals surface area contributed by atoms with Gasteiger partial charge in [-0.05, 0) is 32.8 Å². The number of nitrogens with one attached hydrogen (secondary N) is 1. The fourth-order valence-electron chi connectivity index (χ4n) is 2.89. The van der Waals surface area contributed by atoms with Crippen molar-refractivity contribution in [1.29, 1.82) is 5.26 Å². The predicted molar refractivity (Wildman–Crippen MR) is 88.6 cm³/mol. The van der Waals surface area contributed by atoms with Gasteiger partial charge < -0.3 is 15.0 Å². The summed E-state index contributed by atoms with van der Waals surface area (Å²) in [6.45, 7) is 5.04. The van der Waals surface area contributed by atoms with Gasteiger partial charge in [-0.25, -0.2) is 9.78 Å². The minimum absolute atomic E-state index is 0.00307. The highest BCUT2D eigenvalue weighted by Crippen LogP contribution is 2.26. The van der Waals surface area contributed by atoms with E-state index in [-0.39, 0.29) is 18.4 Å².